The fraction of sp³-hybridized carbons (Fsp3) is 0.167. The Balaban J connectivity index is 2.90. The number of amides is 1. The number of carbonyl (C=O) groups excluding carboxylic acids is 1. The molecule has 0 aliphatic carbocycles. The maximum Gasteiger partial charge on any atom is 0.266 e. The smallest absolute Gasteiger partial charge is 0.266 e. The lowest BCUT2D eigenvalue weighted by molar-refractivity contribution is -0.118. The van der Waals surface area contributed by atoms with E-state index in [1.54, 1.807) is 0 Å². The highest BCUT2D eigenvalue weighted by atomic mass is 79.9. The van der Waals surface area contributed by atoms with E-state index in [4.69, 9.17) is 5.26 Å². The summed E-state index contributed by atoms with van der Waals surface area (Å²) in [5.74, 6) is -1.11. The van der Waals surface area contributed by atoms with Crippen LogP contribution < -0.4 is 0 Å². The molecular weight excluding hydrogens is 196 g/mol. The highest BCUT2D eigenvalue weighted by molar-refractivity contribution is 9.12. The number of dihydropyridines is 1. The number of rotatable bonds is 0. The topological polar surface area (TPSA) is 53.2 Å². The molecule has 0 N–H and O–H groups in total. The van der Waals surface area contributed by atoms with Gasteiger partial charge >= 0.3 is 0 Å². The van der Waals surface area contributed by atoms with E-state index in [-0.39, 0.29) is 0 Å². The number of nitriles is 1. The Morgan fingerprint density at radius 3 is 3.00 bits per heavy atom. The maximum absolute atomic E-state index is 10.7. The molecule has 3 nitrogen and oxygen atoms in total. The summed E-state index contributed by atoms with van der Waals surface area (Å²) in [5, 5.41) is 8.37. The molecule has 0 fully saturated rings. The second-order valence-electron chi connectivity index (χ2n) is 1.75. The highest BCUT2D eigenvalue weighted by Crippen LogP contribution is 2.13. The van der Waals surface area contributed by atoms with Gasteiger partial charge in [0.05, 0.1) is 6.07 Å². The Kier molecular flexibility index (Phi) is 1.97. The summed E-state index contributed by atoms with van der Waals surface area (Å²) in [5.41, 5.74) is 0. The van der Waals surface area contributed by atoms with Crippen LogP contribution in [0.1, 0.15) is 0 Å². The molecule has 1 aliphatic rings. The Labute approximate surface area is 66.2 Å². The fourth-order valence-corrected chi connectivity index (χ4v) is 0.938. The molecule has 0 radical (unpaired) electrons. The third-order valence-corrected chi connectivity index (χ3v) is 1.52. The molecule has 0 aromatic rings. The van der Waals surface area contributed by atoms with Crippen LogP contribution in [0.3, 0.4) is 0 Å². The number of hydrogen-bond donors (Lipinski definition) is 0. The van der Waals surface area contributed by atoms with Crippen LogP contribution in [-0.2, 0) is 4.79 Å². The van der Waals surface area contributed by atoms with E-state index in [1.165, 1.54) is 12.3 Å². The van der Waals surface area contributed by atoms with Crippen molar-refractivity contribution in [3.05, 3.63) is 10.6 Å². The second-order valence-corrected chi connectivity index (χ2v) is 2.67. The number of aliphatic imine (C=N–C) groups is 1. The molecule has 0 spiro atoms. The molecule has 1 aliphatic heterocycles. The minimum absolute atomic E-state index is 0.397. The molecule has 1 amide bonds. The summed E-state index contributed by atoms with van der Waals surface area (Å²) in [4.78, 5) is 14.1. The van der Waals surface area contributed by atoms with Crippen LogP contribution >= 0.6 is 15.9 Å². The van der Waals surface area contributed by atoms with Gasteiger partial charge in [-0.1, -0.05) is 0 Å². The van der Waals surface area contributed by atoms with Crippen molar-refractivity contribution < 1.29 is 4.79 Å². The van der Waals surface area contributed by atoms with E-state index in [2.05, 4.69) is 20.9 Å². The molecule has 50 valence electrons. The number of allylic oxidation sites excluding steroid dienone is 1. The second kappa shape index (κ2) is 2.76. The van der Waals surface area contributed by atoms with Gasteiger partial charge in [0.2, 0.25) is 0 Å². The zero-order valence-electron chi connectivity index (χ0n) is 4.91. The van der Waals surface area contributed by atoms with Crippen LogP contribution in [0.15, 0.2) is 15.6 Å². The Morgan fingerprint density at radius 2 is 2.50 bits per heavy atom. The summed E-state index contributed by atoms with van der Waals surface area (Å²) in [6.07, 6.45) is 2.91. The first-order valence-electron chi connectivity index (χ1n) is 2.59. The van der Waals surface area contributed by atoms with Gasteiger partial charge in [-0.3, -0.25) is 4.79 Å². The lowest BCUT2D eigenvalue weighted by Gasteiger charge is -2.01. The highest BCUT2D eigenvalue weighted by Gasteiger charge is 2.16. The molecule has 10 heavy (non-hydrogen) atoms. The molecule has 0 saturated heterocycles. The molecule has 0 unspecified atom stereocenters. The van der Waals surface area contributed by atoms with Crippen LogP contribution in [0, 0.1) is 17.2 Å². The lowest BCUT2D eigenvalue weighted by Crippen LogP contribution is -2.11. The van der Waals surface area contributed by atoms with E-state index < -0.39 is 11.8 Å². The number of carbonyl (C=O) groups is 1. The summed E-state index contributed by atoms with van der Waals surface area (Å²) in [7, 11) is 0. The van der Waals surface area contributed by atoms with Crippen LogP contribution in [0.5, 0.6) is 0 Å². The zero-order chi connectivity index (χ0) is 7.56. The molecule has 0 aromatic heterocycles. The number of halogens is 1. The molecular formula is C6H3BrN2O. The molecule has 0 aromatic carbocycles. The Morgan fingerprint density at radius 1 is 1.80 bits per heavy atom. The summed E-state index contributed by atoms with van der Waals surface area (Å²) in [6, 6.07) is 1.81. The summed E-state index contributed by atoms with van der Waals surface area (Å²) < 4.78 is 0.679. The third-order valence-electron chi connectivity index (χ3n) is 1.05. The first kappa shape index (κ1) is 7.16. The molecule has 0 bridgehead atoms. The predicted molar refractivity (Wildman–Crippen MR) is 39.6 cm³/mol. The van der Waals surface area contributed by atoms with Crippen molar-refractivity contribution in [3.8, 4) is 6.07 Å². The maximum atomic E-state index is 10.7. The lowest BCUT2D eigenvalue weighted by atomic mass is 10.1. The van der Waals surface area contributed by atoms with Crippen molar-refractivity contribution in [2.24, 2.45) is 10.9 Å². The van der Waals surface area contributed by atoms with Crippen molar-refractivity contribution >= 4 is 28.1 Å². The van der Waals surface area contributed by atoms with Gasteiger partial charge in [-0.15, -0.1) is 0 Å². The van der Waals surface area contributed by atoms with Gasteiger partial charge in [-0.05, 0) is 22.0 Å². The summed E-state index contributed by atoms with van der Waals surface area (Å²) in [6.45, 7) is 0. The first-order chi connectivity index (χ1) is 4.74. The van der Waals surface area contributed by atoms with Crippen LogP contribution in [0.2, 0.25) is 0 Å². The Bertz CT molecular complexity index is 261. The standard InChI is InChI=1S/C6H3BrN2O/c7-5-1-4(2-8)6(10)9-3-5/h1,3-4H/t4-/m1/s1. The quantitative estimate of drug-likeness (QED) is 0.584. The molecule has 0 saturated carbocycles. The van der Waals surface area contributed by atoms with Crippen LogP contribution in [0.4, 0.5) is 0 Å². The van der Waals surface area contributed by atoms with Crippen molar-refractivity contribution in [1.29, 1.82) is 5.26 Å². The Hall–Kier alpha value is -0.950. The minimum Gasteiger partial charge on any atom is -0.271 e. The normalized spacial score (nSPS) is 23.8. The van der Waals surface area contributed by atoms with Gasteiger partial charge in [-0.2, -0.15) is 5.26 Å². The van der Waals surface area contributed by atoms with Gasteiger partial charge in [0.25, 0.3) is 5.91 Å². The molecule has 1 heterocycles. The van der Waals surface area contributed by atoms with Gasteiger partial charge in [-0.25, -0.2) is 4.99 Å². The SMILES string of the molecule is N#C[C@H]1C=C(Br)C=NC1=O. The van der Waals surface area contributed by atoms with Crippen molar-refractivity contribution in [2.75, 3.05) is 0 Å². The van der Waals surface area contributed by atoms with Crippen molar-refractivity contribution in [1.82, 2.24) is 0 Å². The number of nitrogens with zero attached hydrogens (tertiary/aromatic N) is 2. The van der Waals surface area contributed by atoms with Gasteiger partial charge < -0.3 is 0 Å². The van der Waals surface area contributed by atoms with E-state index in [0.29, 0.717) is 4.48 Å². The van der Waals surface area contributed by atoms with Gasteiger partial charge in [0.1, 0.15) is 5.92 Å². The average molecular weight is 199 g/mol. The molecule has 1 atom stereocenters. The van der Waals surface area contributed by atoms with Crippen LogP contribution in [0.25, 0.3) is 0 Å². The van der Waals surface area contributed by atoms with Crippen LogP contribution in [-0.4, -0.2) is 12.1 Å². The van der Waals surface area contributed by atoms with E-state index >= 15 is 0 Å². The van der Waals surface area contributed by atoms with Gasteiger partial charge in [0.15, 0.2) is 0 Å². The average Bonchev–Trinajstić information content (AvgIpc) is 1.94. The zero-order valence-corrected chi connectivity index (χ0v) is 6.50. The van der Waals surface area contributed by atoms with E-state index in [0.717, 1.165) is 0 Å². The van der Waals surface area contributed by atoms with Crippen molar-refractivity contribution in [3.63, 3.8) is 0 Å². The summed E-state index contributed by atoms with van der Waals surface area (Å²) >= 11 is 3.11. The first-order valence-corrected chi connectivity index (χ1v) is 3.38. The fourth-order valence-electron chi connectivity index (χ4n) is 0.572. The minimum atomic E-state index is -0.709. The monoisotopic (exact) mass is 198 g/mol. The predicted octanol–water partition coefficient (Wildman–Crippen LogP) is 1.02. The third kappa shape index (κ3) is 1.31. The van der Waals surface area contributed by atoms with Crippen molar-refractivity contribution in [2.45, 2.75) is 0 Å². The molecule has 4 heteroatoms. The number of hydrogen-bond acceptors (Lipinski definition) is 2. The largest absolute Gasteiger partial charge is 0.271 e. The van der Waals surface area contributed by atoms with E-state index in [9.17, 15) is 4.79 Å². The van der Waals surface area contributed by atoms with E-state index in [1.807, 2.05) is 6.07 Å². The van der Waals surface area contributed by atoms with Gasteiger partial charge in [0, 0.05) is 10.7 Å². The molecule has 1 rings (SSSR count).